The minimum atomic E-state index is -0.380. The van der Waals surface area contributed by atoms with Crippen molar-refractivity contribution >= 4 is 33.2 Å². The summed E-state index contributed by atoms with van der Waals surface area (Å²) in [5.74, 6) is -0.461. The molecule has 1 unspecified atom stereocenters. The molecule has 3 nitrogen and oxygen atoms in total. The monoisotopic (exact) mass is 328 g/mol. The quantitative estimate of drug-likeness (QED) is 0.813. The lowest BCUT2D eigenvalue weighted by Crippen LogP contribution is -2.27. The Kier molecular flexibility index (Phi) is 3.85. The molecule has 0 fully saturated rings. The number of hydrogen-bond acceptors (Lipinski definition) is 2. The molecule has 0 radical (unpaired) electrons. The van der Waals surface area contributed by atoms with Gasteiger partial charge < -0.3 is 10.6 Å². The van der Waals surface area contributed by atoms with Crippen molar-refractivity contribution in [2.45, 2.75) is 39.7 Å². The highest BCUT2D eigenvalue weighted by atomic mass is 79.9. The van der Waals surface area contributed by atoms with E-state index in [2.05, 4.69) is 47.3 Å². The van der Waals surface area contributed by atoms with Gasteiger partial charge in [0.2, 0.25) is 5.91 Å². The molecule has 0 saturated carbocycles. The van der Waals surface area contributed by atoms with E-state index in [0.717, 1.165) is 12.1 Å². The second kappa shape index (κ2) is 5.12. The van der Waals surface area contributed by atoms with Crippen LogP contribution < -0.4 is 10.6 Å². The van der Waals surface area contributed by atoms with Gasteiger partial charge in [-0.3, -0.25) is 4.79 Å². The van der Waals surface area contributed by atoms with Crippen molar-refractivity contribution in [2.24, 2.45) is 5.41 Å². The first-order chi connectivity index (χ1) is 8.74. The van der Waals surface area contributed by atoms with Crippen LogP contribution in [-0.2, 0) is 4.79 Å². The smallest absolute Gasteiger partial charge is 0.226 e. The van der Waals surface area contributed by atoms with Crippen molar-refractivity contribution in [2.75, 3.05) is 10.6 Å². The first kappa shape index (κ1) is 14.3. The molecular formula is C14H18BrFN2O. The van der Waals surface area contributed by atoms with Crippen LogP contribution in [0.3, 0.4) is 0 Å². The van der Waals surface area contributed by atoms with Crippen molar-refractivity contribution in [1.29, 1.82) is 0 Å². The molecular weight excluding hydrogens is 311 g/mol. The van der Waals surface area contributed by atoms with Gasteiger partial charge in [0, 0.05) is 18.5 Å². The van der Waals surface area contributed by atoms with Crippen molar-refractivity contribution in [3.05, 3.63) is 22.4 Å². The molecule has 2 N–H and O–H groups in total. The third kappa shape index (κ3) is 3.69. The molecule has 1 aliphatic rings. The summed E-state index contributed by atoms with van der Waals surface area (Å²) in [5, 5.41) is 6.08. The molecule has 1 amide bonds. The number of rotatable bonds is 1. The van der Waals surface area contributed by atoms with Crippen LogP contribution in [0.2, 0.25) is 0 Å². The molecule has 2 rings (SSSR count). The molecule has 1 heterocycles. The first-order valence-electron chi connectivity index (χ1n) is 6.30. The summed E-state index contributed by atoms with van der Waals surface area (Å²) in [6, 6.07) is 3.06. The SMILES string of the molecule is CC(C)(C)CC1CC(=O)Nc2cc(F)c(Br)cc2N1. The summed E-state index contributed by atoms with van der Waals surface area (Å²) in [4.78, 5) is 11.9. The Morgan fingerprint density at radius 3 is 2.68 bits per heavy atom. The Morgan fingerprint density at radius 2 is 2.05 bits per heavy atom. The summed E-state index contributed by atoms with van der Waals surface area (Å²) in [6.45, 7) is 6.41. The molecule has 1 aromatic carbocycles. The van der Waals surface area contributed by atoms with Crippen LogP contribution in [-0.4, -0.2) is 11.9 Å². The van der Waals surface area contributed by atoms with E-state index in [1.165, 1.54) is 6.07 Å². The maximum atomic E-state index is 13.5. The van der Waals surface area contributed by atoms with Gasteiger partial charge in [0.15, 0.2) is 0 Å². The van der Waals surface area contributed by atoms with E-state index in [4.69, 9.17) is 0 Å². The fourth-order valence-corrected chi connectivity index (χ4v) is 2.67. The number of amides is 1. The standard InChI is InChI=1S/C14H18BrFN2O/c1-14(2,3)7-8-4-13(19)18-12-6-10(16)9(15)5-11(12)17-8/h5-6,8,17H,4,7H2,1-3H3,(H,18,19). The lowest BCUT2D eigenvalue weighted by atomic mass is 9.87. The van der Waals surface area contributed by atoms with Crippen LogP contribution in [0.5, 0.6) is 0 Å². The second-order valence-electron chi connectivity index (χ2n) is 6.17. The van der Waals surface area contributed by atoms with Gasteiger partial charge in [-0.15, -0.1) is 0 Å². The predicted octanol–water partition coefficient (Wildman–Crippen LogP) is 4.15. The summed E-state index contributed by atoms with van der Waals surface area (Å²) < 4.78 is 13.9. The topological polar surface area (TPSA) is 41.1 Å². The third-order valence-corrected chi connectivity index (χ3v) is 3.59. The van der Waals surface area contributed by atoms with E-state index >= 15 is 0 Å². The Hall–Kier alpha value is -1.10. The van der Waals surface area contributed by atoms with Crippen LogP contribution in [0.25, 0.3) is 0 Å². The molecule has 1 aromatic rings. The molecule has 19 heavy (non-hydrogen) atoms. The number of carbonyl (C=O) groups excluding carboxylic acids is 1. The van der Waals surface area contributed by atoms with Gasteiger partial charge in [-0.05, 0) is 33.8 Å². The zero-order chi connectivity index (χ0) is 14.2. The summed E-state index contributed by atoms with van der Waals surface area (Å²) in [6.07, 6.45) is 1.26. The van der Waals surface area contributed by atoms with Crippen molar-refractivity contribution < 1.29 is 9.18 Å². The fourth-order valence-electron chi connectivity index (χ4n) is 2.33. The minimum Gasteiger partial charge on any atom is -0.380 e. The van der Waals surface area contributed by atoms with Crippen molar-refractivity contribution in [3.8, 4) is 0 Å². The van der Waals surface area contributed by atoms with Crippen molar-refractivity contribution in [1.82, 2.24) is 0 Å². The molecule has 0 bridgehead atoms. The van der Waals surface area contributed by atoms with Crippen LogP contribution in [0, 0.1) is 11.2 Å². The molecule has 0 aromatic heterocycles. The molecule has 104 valence electrons. The molecule has 1 aliphatic heterocycles. The van der Waals surface area contributed by atoms with E-state index in [1.807, 2.05) is 0 Å². The zero-order valence-electron chi connectivity index (χ0n) is 11.3. The van der Waals surface area contributed by atoms with Gasteiger partial charge in [-0.1, -0.05) is 20.8 Å². The van der Waals surface area contributed by atoms with Crippen LogP contribution in [0.15, 0.2) is 16.6 Å². The number of nitrogens with one attached hydrogen (secondary N) is 2. The minimum absolute atomic E-state index is 0.0543. The Morgan fingerprint density at radius 1 is 1.37 bits per heavy atom. The third-order valence-electron chi connectivity index (χ3n) is 2.98. The number of hydrogen-bond donors (Lipinski definition) is 2. The van der Waals surface area contributed by atoms with E-state index in [0.29, 0.717) is 16.6 Å². The number of fused-ring (bicyclic) bond motifs is 1. The van der Waals surface area contributed by atoms with Gasteiger partial charge in [0.1, 0.15) is 5.82 Å². The van der Waals surface area contributed by atoms with Gasteiger partial charge >= 0.3 is 0 Å². The maximum absolute atomic E-state index is 13.5. The lowest BCUT2D eigenvalue weighted by Gasteiger charge is -2.25. The summed E-state index contributed by atoms with van der Waals surface area (Å²) in [7, 11) is 0. The van der Waals surface area contributed by atoms with Gasteiger partial charge in [-0.25, -0.2) is 4.39 Å². The van der Waals surface area contributed by atoms with Gasteiger partial charge in [-0.2, -0.15) is 0 Å². The number of benzene rings is 1. The molecule has 0 spiro atoms. The van der Waals surface area contributed by atoms with Crippen LogP contribution in [0.4, 0.5) is 15.8 Å². The van der Waals surface area contributed by atoms with Gasteiger partial charge in [0.05, 0.1) is 15.8 Å². The maximum Gasteiger partial charge on any atom is 0.226 e. The highest BCUT2D eigenvalue weighted by Crippen LogP contribution is 2.34. The molecule has 5 heteroatoms. The lowest BCUT2D eigenvalue weighted by molar-refractivity contribution is -0.116. The zero-order valence-corrected chi connectivity index (χ0v) is 12.9. The fraction of sp³-hybridized carbons (Fsp3) is 0.500. The van der Waals surface area contributed by atoms with Crippen LogP contribution >= 0.6 is 15.9 Å². The van der Waals surface area contributed by atoms with Crippen LogP contribution in [0.1, 0.15) is 33.6 Å². The highest BCUT2D eigenvalue weighted by molar-refractivity contribution is 9.10. The number of carbonyl (C=O) groups is 1. The van der Waals surface area contributed by atoms with Crippen molar-refractivity contribution in [3.63, 3.8) is 0 Å². The van der Waals surface area contributed by atoms with Gasteiger partial charge in [0.25, 0.3) is 0 Å². The van der Waals surface area contributed by atoms with E-state index < -0.39 is 0 Å². The predicted molar refractivity (Wildman–Crippen MR) is 78.8 cm³/mol. The normalized spacial score (nSPS) is 19.2. The van der Waals surface area contributed by atoms with E-state index in [1.54, 1.807) is 6.07 Å². The number of anilines is 2. The molecule has 1 atom stereocenters. The van der Waals surface area contributed by atoms with E-state index in [-0.39, 0.29) is 23.2 Å². The Bertz CT molecular complexity index is 511. The average Bonchev–Trinajstić information content (AvgIpc) is 2.35. The highest BCUT2D eigenvalue weighted by Gasteiger charge is 2.25. The number of halogens is 2. The molecule has 0 aliphatic carbocycles. The molecule has 0 saturated heterocycles. The Labute approximate surface area is 121 Å². The summed E-state index contributed by atoms with van der Waals surface area (Å²) in [5.41, 5.74) is 1.38. The van der Waals surface area contributed by atoms with E-state index in [9.17, 15) is 9.18 Å². The Balaban J connectivity index is 2.30. The summed E-state index contributed by atoms with van der Waals surface area (Å²) >= 11 is 3.17. The first-order valence-corrected chi connectivity index (χ1v) is 7.09. The average molecular weight is 329 g/mol. The second-order valence-corrected chi connectivity index (χ2v) is 7.02. The largest absolute Gasteiger partial charge is 0.380 e.